The van der Waals surface area contributed by atoms with Crippen LogP contribution in [-0.2, 0) is 23.1 Å². The second kappa shape index (κ2) is 10.7. The van der Waals surface area contributed by atoms with Crippen molar-refractivity contribution in [3.63, 3.8) is 0 Å². The van der Waals surface area contributed by atoms with Gasteiger partial charge in [-0.05, 0) is 54.8 Å². The third kappa shape index (κ3) is 5.92. The molecule has 2 aromatic carbocycles. The minimum Gasteiger partial charge on any atom is -0.346 e. The van der Waals surface area contributed by atoms with E-state index in [1.807, 2.05) is 30.5 Å². The van der Waals surface area contributed by atoms with E-state index in [0.29, 0.717) is 18.1 Å². The lowest BCUT2D eigenvalue weighted by molar-refractivity contribution is 0.385. The molecular weight excluding hydrogens is 451 g/mol. The van der Waals surface area contributed by atoms with Crippen molar-refractivity contribution >= 4 is 33.2 Å². The van der Waals surface area contributed by atoms with Crippen LogP contribution in [-0.4, -0.2) is 23.8 Å². The molecule has 0 aliphatic carbocycles. The first kappa shape index (κ1) is 23.9. The monoisotopic (exact) mass is 478 g/mol. The highest BCUT2D eigenvalue weighted by molar-refractivity contribution is 7.89. The van der Waals surface area contributed by atoms with Gasteiger partial charge >= 0.3 is 0 Å². The lowest BCUT2D eigenvalue weighted by atomic mass is 10.1. The maximum absolute atomic E-state index is 13.5. The van der Waals surface area contributed by atoms with E-state index in [1.54, 1.807) is 6.07 Å². The third-order valence-electron chi connectivity index (χ3n) is 5.39. The number of aromatic nitrogens is 1. The zero-order valence-electron chi connectivity index (χ0n) is 17.9. The molecule has 3 rings (SSSR count). The third-order valence-corrected chi connectivity index (χ3v) is 7.95. The Morgan fingerprint density at radius 2 is 1.77 bits per heavy atom. The van der Waals surface area contributed by atoms with E-state index in [2.05, 4.69) is 30.5 Å². The summed E-state index contributed by atoms with van der Waals surface area (Å²) in [7, 11) is -3.80. The van der Waals surface area contributed by atoms with Gasteiger partial charge in [0.2, 0.25) is 10.0 Å². The SMILES string of the molecule is CCCCCN(Cc1cccn1Cc1ccccc1C)S(=O)(=O)c1cc(Cl)ccc1Cl. The number of aryl methyl sites for hydroxylation is 1. The molecule has 3 aromatic rings. The van der Waals surface area contributed by atoms with Gasteiger partial charge in [-0.2, -0.15) is 4.31 Å². The summed E-state index contributed by atoms with van der Waals surface area (Å²) >= 11 is 12.3. The molecule has 1 heterocycles. The van der Waals surface area contributed by atoms with Crippen LogP contribution in [0.25, 0.3) is 0 Å². The highest BCUT2D eigenvalue weighted by atomic mass is 35.5. The second-order valence-electron chi connectivity index (χ2n) is 7.67. The van der Waals surface area contributed by atoms with E-state index in [4.69, 9.17) is 23.2 Å². The zero-order valence-corrected chi connectivity index (χ0v) is 20.2. The lowest BCUT2D eigenvalue weighted by Gasteiger charge is -2.24. The quantitative estimate of drug-likeness (QED) is 0.310. The number of halogens is 2. The number of hydrogen-bond donors (Lipinski definition) is 0. The summed E-state index contributed by atoms with van der Waals surface area (Å²) in [5.74, 6) is 0. The molecule has 0 N–H and O–H groups in total. The van der Waals surface area contributed by atoms with E-state index in [-0.39, 0.29) is 16.5 Å². The van der Waals surface area contributed by atoms with Gasteiger partial charge in [-0.3, -0.25) is 0 Å². The molecule has 0 atom stereocenters. The maximum atomic E-state index is 13.5. The van der Waals surface area contributed by atoms with Crippen molar-refractivity contribution in [2.24, 2.45) is 0 Å². The van der Waals surface area contributed by atoms with Gasteiger partial charge in [0, 0.05) is 30.0 Å². The molecule has 0 bridgehead atoms. The molecular formula is C24H28Cl2N2O2S. The van der Waals surface area contributed by atoms with E-state index < -0.39 is 10.0 Å². The van der Waals surface area contributed by atoms with Crippen LogP contribution in [0.1, 0.15) is 43.0 Å². The average Bonchev–Trinajstić information content (AvgIpc) is 3.17. The largest absolute Gasteiger partial charge is 0.346 e. The summed E-state index contributed by atoms with van der Waals surface area (Å²) < 4.78 is 30.7. The molecule has 0 aliphatic heterocycles. The number of nitrogens with zero attached hydrogens (tertiary/aromatic N) is 2. The number of benzene rings is 2. The van der Waals surface area contributed by atoms with Gasteiger partial charge in [0.15, 0.2) is 0 Å². The molecule has 31 heavy (non-hydrogen) atoms. The van der Waals surface area contributed by atoms with Gasteiger partial charge in [-0.15, -0.1) is 0 Å². The fraction of sp³-hybridized carbons (Fsp3) is 0.333. The van der Waals surface area contributed by atoms with E-state index >= 15 is 0 Å². The number of hydrogen-bond acceptors (Lipinski definition) is 2. The molecule has 166 valence electrons. The standard InChI is InChI=1S/C24H28Cl2N2O2S/c1-3-4-7-15-28(31(29,30)24-16-21(25)12-13-23(24)26)18-22-11-8-14-27(22)17-20-10-6-5-9-19(20)2/h5-6,8-14,16H,3-4,7,15,17-18H2,1-2H3. The molecule has 7 heteroatoms. The predicted octanol–water partition coefficient (Wildman–Crippen LogP) is 6.53. The Morgan fingerprint density at radius 3 is 2.52 bits per heavy atom. The molecule has 0 radical (unpaired) electrons. The minimum absolute atomic E-state index is 0.0511. The highest BCUT2D eigenvalue weighted by Gasteiger charge is 2.27. The van der Waals surface area contributed by atoms with E-state index in [1.165, 1.54) is 27.6 Å². The molecule has 0 spiro atoms. The van der Waals surface area contributed by atoms with Crippen molar-refractivity contribution < 1.29 is 8.42 Å². The fourth-order valence-corrected chi connectivity index (χ4v) is 5.72. The molecule has 0 aliphatic rings. The summed E-state index contributed by atoms with van der Waals surface area (Å²) in [6.45, 7) is 5.57. The molecule has 0 amide bonds. The summed E-state index contributed by atoms with van der Waals surface area (Å²) in [5.41, 5.74) is 3.35. The van der Waals surface area contributed by atoms with Crippen molar-refractivity contribution in [3.8, 4) is 0 Å². The van der Waals surface area contributed by atoms with Crippen LogP contribution in [0.3, 0.4) is 0 Å². The van der Waals surface area contributed by atoms with Crippen LogP contribution in [0.15, 0.2) is 65.7 Å². The summed E-state index contributed by atoms with van der Waals surface area (Å²) in [6.07, 6.45) is 4.74. The molecule has 1 aromatic heterocycles. The lowest BCUT2D eigenvalue weighted by Crippen LogP contribution is -2.32. The number of unbranched alkanes of at least 4 members (excludes halogenated alkanes) is 2. The van der Waals surface area contributed by atoms with Crippen LogP contribution in [0.2, 0.25) is 10.0 Å². The molecule has 0 saturated carbocycles. The Hall–Kier alpha value is -1.79. The van der Waals surface area contributed by atoms with Gasteiger partial charge in [-0.25, -0.2) is 8.42 Å². The van der Waals surface area contributed by atoms with Gasteiger partial charge in [0.1, 0.15) is 4.90 Å². The zero-order chi connectivity index (χ0) is 22.4. The van der Waals surface area contributed by atoms with E-state index in [9.17, 15) is 8.42 Å². The van der Waals surface area contributed by atoms with Gasteiger partial charge < -0.3 is 4.57 Å². The normalized spacial score (nSPS) is 11.9. The molecule has 4 nitrogen and oxygen atoms in total. The number of sulfonamides is 1. The maximum Gasteiger partial charge on any atom is 0.244 e. The summed E-state index contributed by atoms with van der Waals surface area (Å²) in [4.78, 5) is 0.0511. The highest BCUT2D eigenvalue weighted by Crippen LogP contribution is 2.29. The summed E-state index contributed by atoms with van der Waals surface area (Å²) in [5, 5.41) is 0.527. The van der Waals surface area contributed by atoms with Crippen molar-refractivity contribution in [2.45, 2.75) is 51.1 Å². The van der Waals surface area contributed by atoms with Gasteiger partial charge in [-0.1, -0.05) is 67.2 Å². The topological polar surface area (TPSA) is 42.3 Å². The molecule has 0 fully saturated rings. The first-order valence-electron chi connectivity index (χ1n) is 10.5. The Morgan fingerprint density at radius 1 is 1.00 bits per heavy atom. The van der Waals surface area contributed by atoms with Crippen molar-refractivity contribution in [1.29, 1.82) is 0 Å². The van der Waals surface area contributed by atoms with Crippen molar-refractivity contribution in [3.05, 3.63) is 87.7 Å². The van der Waals surface area contributed by atoms with Crippen LogP contribution in [0.5, 0.6) is 0 Å². The Bertz CT molecular complexity index is 1130. The fourth-order valence-electron chi connectivity index (χ4n) is 3.54. The summed E-state index contributed by atoms with van der Waals surface area (Å²) in [6, 6.07) is 16.7. The van der Waals surface area contributed by atoms with Crippen LogP contribution < -0.4 is 0 Å². The van der Waals surface area contributed by atoms with Crippen molar-refractivity contribution in [1.82, 2.24) is 8.87 Å². The smallest absolute Gasteiger partial charge is 0.244 e. The average molecular weight is 479 g/mol. The Balaban J connectivity index is 1.91. The minimum atomic E-state index is -3.80. The molecule has 0 saturated heterocycles. The van der Waals surface area contributed by atoms with Crippen molar-refractivity contribution in [2.75, 3.05) is 6.54 Å². The predicted molar refractivity (Wildman–Crippen MR) is 128 cm³/mol. The Kier molecular flexibility index (Phi) is 8.23. The number of rotatable bonds is 10. The van der Waals surface area contributed by atoms with Gasteiger partial charge in [0.05, 0.1) is 11.6 Å². The van der Waals surface area contributed by atoms with Crippen LogP contribution >= 0.6 is 23.2 Å². The first-order valence-corrected chi connectivity index (χ1v) is 12.7. The Labute approximate surface area is 195 Å². The van der Waals surface area contributed by atoms with Crippen LogP contribution in [0, 0.1) is 6.92 Å². The second-order valence-corrected chi connectivity index (χ2v) is 10.4. The van der Waals surface area contributed by atoms with Gasteiger partial charge in [0.25, 0.3) is 0 Å². The van der Waals surface area contributed by atoms with Crippen LogP contribution in [0.4, 0.5) is 0 Å². The molecule has 0 unspecified atom stereocenters. The first-order chi connectivity index (χ1) is 14.8. The van der Waals surface area contributed by atoms with E-state index in [0.717, 1.165) is 25.0 Å².